The first kappa shape index (κ1) is 13.0. The topological polar surface area (TPSA) is 55.5 Å². The molecule has 0 atom stereocenters. The van der Waals surface area contributed by atoms with Gasteiger partial charge in [-0.3, -0.25) is 0 Å². The average Bonchev–Trinajstić information content (AvgIpc) is 2.34. The largest absolute Gasteiger partial charge is 0.494 e. The summed E-state index contributed by atoms with van der Waals surface area (Å²) in [5.74, 6) is 0.894. The Morgan fingerprint density at radius 2 is 1.94 bits per heavy atom. The van der Waals surface area contributed by atoms with Crippen molar-refractivity contribution in [3.8, 4) is 5.75 Å². The number of hydrogen-bond donors (Lipinski definition) is 2. The molecule has 3 nitrogen and oxygen atoms in total. The lowest BCUT2D eigenvalue weighted by molar-refractivity contribution is 0.273. The van der Waals surface area contributed by atoms with Crippen LogP contribution in [0.25, 0.3) is 0 Å². The van der Waals surface area contributed by atoms with Gasteiger partial charge in [0, 0.05) is 13.2 Å². The van der Waals surface area contributed by atoms with E-state index >= 15 is 0 Å². The summed E-state index contributed by atoms with van der Waals surface area (Å²) in [5, 5.41) is 8.62. The molecule has 0 fully saturated rings. The van der Waals surface area contributed by atoms with Crippen LogP contribution in [0.15, 0.2) is 24.3 Å². The van der Waals surface area contributed by atoms with Gasteiger partial charge < -0.3 is 15.6 Å². The van der Waals surface area contributed by atoms with E-state index in [4.69, 9.17) is 15.6 Å². The van der Waals surface area contributed by atoms with E-state index in [0.29, 0.717) is 13.2 Å². The Morgan fingerprint density at radius 3 is 2.69 bits per heavy atom. The number of aliphatic hydroxyl groups excluding tert-OH is 1. The minimum absolute atomic E-state index is 0.291. The van der Waals surface area contributed by atoms with Gasteiger partial charge >= 0.3 is 0 Å². The molecule has 0 aliphatic carbocycles. The van der Waals surface area contributed by atoms with Gasteiger partial charge in [0.15, 0.2) is 0 Å². The minimum Gasteiger partial charge on any atom is -0.494 e. The Labute approximate surface area is 97.2 Å². The van der Waals surface area contributed by atoms with E-state index in [2.05, 4.69) is 0 Å². The monoisotopic (exact) mass is 223 g/mol. The van der Waals surface area contributed by atoms with Crippen molar-refractivity contribution in [1.29, 1.82) is 0 Å². The van der Waals surface area contributed by atoms with Gasteiger partial charge in [-0.2, -0.15) is 0 Å². The molecule has 3 heteroatoms. The second kappa shape index (κ2) is 8.13. The number of aliphatic hydroxyl groups is 1. The maximum Gasteiger partial charge on any atom is 0.119 e. The third-order valence-corrected chi connectivity index (χ3v) is 2.46. The van der Waals surface area contributed by atoms with E-state index in [1.165, 1.54) is 0 Å². The highest BCUT2D eigenvalue weighted by molar-refractivity contribution is 5.28. The first-order chi connectivity index (χ1) is 7.86. The fourth-order valence-corrected chi connectivity index (χ4v) is 1.52. The zero-order valence-electron chi connectivity index (χ0n) is 9.69. The van der Waals surface area contributed by atoms with Crippen molar-refractivity contribution < 1.29 is 9.84 Å². The van der Waals surface area contributed by atoms with Crippen LogP contribution < -0.4 is 10.5 Å². The summed E-state index contributed by atoms with van der Waals surface area (Å²) in [4.78, 5) is 0. The number of nitrogens with two attached hydrogens (primary N) is 1. The van der Waals surface area contributed by atoms with Gasteiger partial charge in [0.25, 0.3) is 0 Å². The normalized spacial score (nSPS) is 10.4. The molecule has 1 aromatic rings. The van der Waals surface area contributed by atoms with Crippen molar-refractivity contribution in [2.75, 3.05) is 13.2 Å². The third kappa shape index (κ3) is 5.14. The highest BCUT2D eigenvalue weighted by Gasteiger charge is 1.95. The lowest BCUT2D eigenvalue weighted by Gasteiger charge is -2.07. The zero-order chi connectivity index (χ0) is 11.6. The van der Waals surface area contributed by atoms with Gasteiger partial charge in [-0.15, -0.1) is 0 Å². The Morgan fingerprint density at radius 1 is 1.12 bits per heavy atom. The predicted octanol–water partition coefficient (Wildman–Crippen LogP) is 2.08. The van der Waals surface area contributed by atoms with Gasteiger partial charge in [0.05, 0.1) is 6.61 Å². The fraction of sp³-hybridized carbons (Fsp3) is 0.538. The van der Waals surface area contributed by atoms with Gasteiger partial charge in [-0.05, 0) is 37.0 Å². The quantitative estimate of drug-likeness (QED) is 0.663. The molecule has 0 saturated carbocycles. The van der Waals surface area contributed by atoms with E-state index < -0.39 is 0 Å². The highest BCUT2D eigenvalue weighted by Crippen LogP contribution is 2.13. The fourth-order valence-electron chi connectivity index (χ4n) is 1.52. The number of benzene rings is 1. The van der Waals surface area contributed by atoms with E-state index in [1.54, 1.807) is 0 Å². The molecule has 1 rings (SSSR count). The number of hydrogen-bond acceptors (Lipinski definition) is 3. The number of rotatable bonds is 8. The van der Waals surface area contributed by atoms with E-state index in [0.717, 1.165) is 43.6 Å². The van der Waals surface area contributed by atoms with Gasteiger partial charge in [0.2, 0.25) is 0 Å². The molecule has 3 N–H and O–H groups in total. The lowest BCUT2D eigenvalue weighted by Crippen LogP contribution is -2.00. The molecule has 0 amide bonds. The molecule has 0 heterocycles. The van der Waals surface area contributed by atoms with E-state index in [-0.39, 0.29) is 0 Å². The van der Waals surface area contributed by atoms with E-state index in [9.17, 15) is 0 Å². The first-order valence-electron chi connectivity index (χ1n) is 5.89. The molecule has 0 saturated heterocycles. The van der Waals surface area contributed by atoms with Crippen LogP contribution in [-0.2, 0) is 6.54 Å². The zero-order valence-corrected chi connectivity index (χ0v) is 9.69. The molecule has 0 unspecified atom stereocenters. The van der Waals surface area contributed by atoms with Crippen LogP contribution >= 0.6 is 0 Å². The van der Waals surface area contributed by atoms with Crippen molar-refractivity contribution in [3.63, 3.8) is 0 Å². The molecule has 0 aliphatic heterocycles. The van der Waals surface area contributed by atoms with Crippen LogP contribution in [0.2, 0.25) is 0 Å². The van der Waals surface area contributed by atoms with Crippen molar-refractivity contribution in [1.82, 2.24) is 0 Å². The first-order valence-corrected chi connectivity index (χ1v) is 5.89. The van der Waals surface area contributed by atoms with Crippen LogP contribution in [0.4, 0.5) is 0 Å². The van der Waals surface area contributed by atoms with Crippen molar-refractivity contribution in [2.45, 2.75) is 32.2 Å². The predicted molar refractivity (Wildman–Crippen MR) is 65.4 cm³/mol. The Hall–Kier alpha value is -1.06. The molecule has 1 aromatic carbocycles. The van der Waals surface area contributed by atoms with Crippen molar-refractivity contribution in [3.05, 3.63) is 29.8 Å². The van der Waals surface area contributed by atoms with Crippen LogP contribution in [0.5, 0.6) is 5.75 Å². The summed E-state index contributed by atoms with van der Waals surface area (Å²) < 4.78 is 5.61. The number of ether oxygens (including phenoxy) is 1. The smallest absolute Gasteiger partial charge is 0.119 e. The molecule has 0 bridgehead atoms. The summed E-state index contributed by atoms with van der Waals surface area (Å²) in [6, 6.07) is 7.89. The van der Waals surface area contributed by atoms with Crippen molar-refractivity contribution >= 4 is 0 Å². The Balaban J connectivity index is 2.16. The van der Waals surface area contributed by atoms with Crippen LogP contribution in [-0.4, -0.2) is 18.3 Å². The second-order valence-corrected chi connectivity index (χ2v) is 3.84. The standard InChI is InChI=1S/C13H21NO2/c14-11-12-6-5-7-13(10-12)16-9-4-2-1-3-8-15/h5-7,10,15H,1-4,8-9,11,14H2. The summed E-state index contributed by atoms with van der Waals surface area (Å²) in [5.41, 5.74) is 6.64. The van der Waals surface area contributed by atoms with Gasteiger partial charge in [-0.1, -0.05) is 18.6 Å². The van der Waals surface area contributed by atoms with E-state index in [1.807, 2.05) is 24.3 Å². The highest BCUT2D eigenvalue weighted by atomic mass is 16.5. The van der Waals surface area contributed by atoms with Crippen molar-refractivity contribution in [2.24, 2.45) is 5.73 Å². The molecule has 16 heavy (non-hydrogen) atoms. The van der Waals surface area contributed by atoms with Crippen LogP contribution in [0, 0.1) is 0 Å². The van der Waals surface area contributed by atoms with Gasteiger partial charge in [-0.25, -0.2) is 0 Å². The Kier molecular flexibility index (Phi) is 6.61. The SMILES string of the molecule is NCc1cccc(OCCCCCCO)c1. The van der Waals surface area contributed by atoms with Gasteiger partial charge in [0.1, 0.15) is 5.75 Å². The molecular weight excluding hydrogens is 202 g/mol. The maximum absolute atomic E-state index is 8.62. The van der Waals surface area contributed by atoms with Crippen LogP contribution in [0.1, 0.15) is 31.2 Å². The number of unbranched alkanes of at least 4 members (excludes halogenated alkanes) is 3. The third-order valence-electron chi connectivity index (χ3n) is 2.46. The molecule has 0 aromatic heterocycles. The summed E-state index contributed by atoms with van der Waals surface area (Å²) >= 11 is 0. The average molecular weight is 223 g/mol. The maximum atomic E-state index is 8.62. The minimum atomic E-state index is 0.291. The molecule has 0 radical (unpaired) electrons. The molecule has 90 valence electrons. The molecular formula is C13H21NO2. The Bertz CT molecular complexity index is 289. The lowest BCUT2D eigenvalue weighted by atomic mass is 10.2. The molecule has 0 spiro atoms. The summed E-state index contributed by atoms with van der Waals surface area (Å²) in [6.07, 6.45) is 4.11. The van der Waals surface area contributed by atoms with Crippen LogP contribution in [0.3, 0.4) is 0 Å². The summed E-state index contributed by atoms with van der Waals surface area (Å²) in [6.45, 7) is 1.58. The molecule has 0 aliphatic rings. The second-order valence-electron chi connectivity index (χ2n) is 3.84. The summed E-state index contributed by atoms with van der Waals surface area (Å²) in [7, 11) is 0.